The monoisotopic (exact) mass is 398 g/mol. The second kappa shape index (κ2) is 7.79. The molecule has 2 heterocycles. The number of esters is 1. The van der Waals surface area contributed by atoms with Crippen molar-refractivity contribution < 1.29 is 14.3 Å². The number of nitrogens with one attached hydrogen (secondary N) is 2. The summed E-state index contributed by atoms with van der Waals surface area (Å²) in [6.07, 6.45) is 0.769. The molecule has 124 valence electrons. The van der Waals surface area contributed by atoms with Crippen LogP contribution in [0.2, 0.25) is 0 Å². The number of rotatable bonds is 6. The highest BCUT2D eigenvalue weighted by molar-refractivity contribution is 9.11. The van der Waals surface area contributed by atoms with Crippen molar-refractivity contribution in [3.8, 4) is 0 Å². The predicted octanol–water partition coefficient (Wildman–Crippen LogP) is 3.60. The van der Waals surface area contributed by atoms with Crippen LogP contribution in [0.5, 0.6) is 0 Å². The van der Waals surface area contributed by atoms with Gasteiger partial charge in [0.05, 0.1) is 16.0 Å². The van der Waals surface area contributed by atoms with Crippen LogP contribution < -0.4 is 5.32 Å². The molecule has 0 saturated heterocycles. The fourth-order valence-electron chi connectivity index (χ4n) is 2.36. The molecule has 0 fully saturated rings. The quantitative estimate of drug-likeness (QED) is 0.730. The molecule has 1 amide bonds. The van der Waals surface area contributed by atoms with Crippen LogP contribution in [-0.2, 0) is 11.2 Å². The molecular formula is C16H19BrN2O3S. The number of carbonyl (C=O) groups is 2. The van der Waals surface area contributed by atoms with Crippen LogP contribution >= 0.6 is 27.3 Å². The Labute approximate surface area is 147 Å². The first kappa shape index (κ1) is 17.7. The van der Waals surface area contributed by atoms with Crippen molar-refractivity contribution in [2.45, 2.75) is 27.2 Å². The van der Waals surface area contributed by atoms with E-state index in [9.17, 15) is 9.59 Å². The summed E-state index contributed by atoms with van der Waals surface area (Å²) in [5, 5.41) is 2.88. The lowest BCUT2D eigenvalue weighted by molar-refractivity contribution is 0.0525. The number of halogens is 1. The van der Waals surface area contributed by atoms with E-state index in [1.54, 1.807) is 32.1 Å². The molecule has 23 heavy (non-hydrogen) atoms. The Kier molecular flexibility index (Phi) is 6.01. The minimum atomic E-state index is -0.402. The van der Waals surface area contributed by atoms with Gasteiger partial charge in [0.2, 0.25) is 0 Å². The summed E-state index contributed by atoms with van der Waals surface area (Å²) >= 11 is 5.07. The minimum absolute atomic E-state index is 0.211. The van der Waals surface area contributed by atoms with Gasteiger partial charge in [-0.25, -0.2) is 4.79 Å². The van der Waals surface area contributed by atoms with Gasteiger partial charge in [-0.3, -0.25) is 4.79 Å². The first-order valence-corrected chi connectivity index (χ1v) is 8.93. The molecule has 0 spiro atoms. The Morgan fingerprint density at radius 2 is 2.09 bits per heavy atom. The summed E-state index contributed by atoms with van der Waals surface area (Å²) in [7, 11) is 0. The Morgan fingerprint density at radius 1 is 1.35 bits per heavy atom. The highest BCUT2D eigenvalue weighted by atomic mass is 79.9. The Balaban J connectivity index is 2.02. The van der Waals surface area contributed by atoms with E-state index in [1.165, 1.54) is 4.88 Å². The van der Waals surface area contributed by atoms with Crippen LogP contribution in [0.4, 0.5) is 0 Å². The molecule has 2 rings (SSSR count). The number of ether oxygens (including phenoxy) is 1. The average molecular weight is 399 g/mol. The highest BCUT2D eigenvalue weighted by Gasteiger charge is 2.22. The van der Waals surface area contributed by atoms with Gasteiger partial charge < -0.3 is 15.0 Å². The molecule has 0 saturated carbocycles. The number of aryl methyl sites for hydroxylation is 1. The van der Waals surface area contributed by atoms with Gasteiger partial charge in [-0.05, 0) is 60.8 Å². The zero-order chi connectivity index (χ0) is 17.0. The second-order valence-electron chi connectivity index (χ2n) is 5.06. The normalized spacial score (nSPS) is 10.6. The first-order valence-electron chi connectivity index (χ1n) is 7.32. The van der Waals surface area contributed by atoms with E-state index >= 15 is 0 Å². The summed E-state index contributed by atoms with van der Waals surface area (Å²) in [4.78, 5) is 28.4. The highest BCUT2D eigenvalue weighted by Crippen LogP contribution is 2.22. The average Bonchev–Trinajstić information content (AvgIpc) is 3.02. The van der Waals surface area contributed by atoms with E-state index in [-0.39, 0.29) is 5.91 Å². The van der Waals surface area contributed by atoms with Crippen LogP contribution in [0, 0.1) is 13.8 Å². The maximum absolute atomic E-state index is 12.3. The summed E-state index contributed by atoms with van der Waals surface area (Å²) in [5.41, 5.74) is 2.13. The molecule has 0 aromatic carbocycles. The third-order valence-electron chi connectivity index (χ3n) is 3.43. The lowest BCUT2D eigenvalue weighted by atomic mass is 10.1. The lowest BCUT2D eigenvalue weighted by Crippen LogP contribution is -2.26. The van der Waals surface area contributed by atoms with Crippen molar-refractivity contribution in [1.29, 1.82) is 0 Å². The number of amides is 1. The standard InChI is InChI=1S/C16H19BrN2O3S/c1-4-22-16(21)13-9(2)14(19-10(13)3)15(20)18-8-7-11-5-6-12(17)23-11/h5-6,19H,4,7-8H2,1-3H3,(H,18,20). The third-order valence-corrected chi connectivity index (χ3v) is 5.11. The van der Waals surface area contributed by atoms with E-state index in [0.29, 0.717) is 35.7 Å². The molecule has 5 nitrogen and oxygen atoms in total. The van der Waals surface area contributed by atoms with E-state index in [0.717, 1.165) is 10.2 Å². The number of H-pyrrole nitrogens is 1. The molecular weight excluding hydrogens is 380 g/mol. The van der Waals surface area contributed by atoms with Crippen LogP contribution in [0.1, 0.15) is 43.9 Å². The zero-order valence-electron chi connectivity index (χ0n) is 13.3. The molecule has 0 aliphatic heterocycles. The number of hydrogen-bond donors (Lipinski definition) is 2. The van der Waals surface area contributed by atoms with Crippen molar-refractivity contribution >= 4 is 39.1 Å². The van der Waals surface area contributed by atoms with Gasteiger partial charge in [-0.2, -0.15) is 0 Å². The molecule has 0 unspecified atom stereocenters. The molecule has 7 heteroatoms. The fourth-order valence-corrected chi connectivity index (χ4v) is 3.84. The predicted molar refractivity (Wildman–Crippen MR) is 94.3 cm³/mol. The van der Waals surface area contributed by atoms with Crippen molar-refractivity contribution in [3.63, 3.8) is 0 Å². The number of hydrogen-bond acceptors (Lipinski definition) is 4. The van der Waals surface area contributed by atoms with Gasteiger partial charge in [0, 0.05) is 17.1 Å². The van der Waals surface area contributed by atoms with Crippen molar-refractivity contribution in [2.24, 2.45) is 0 Å². The lowest BCUT2D eigenvalue weighted by Gasteiger charge is -2.04. The molecule has 0 aliphatic carbocycles. The van der Waals surface area contributed by atoms with Gasteiger partial charge in [-0.1, -0.05) is 0 Å². The van der Waals surface area contributed by atoms with Crippen LogP contribution in [0.3, 0.4) is 0 Å². The number of thiophene rings is 1. The van der Waals surface area contributed by atoms with E-state index < -0.39 is 5.97 Å². The molecule has 0 aliphatic rings. The Hall–Kier alpha value is -1.60. The number of carbonyl (C=O) groups excluding carboxylic acids is 2. The van der Waals surface area contributed by atoms with Gasteiger partial charge >= 0.3 is 5.97 Å². The van der Waals surface area contributed by atoms with E-state index in [2.05, 4.69) is 26.2 Å². The zero-order valence-corrected chi connectivity index (χ0v) is 15.7. The van der Waals surface area contributed by atoms with Gasteiger partial charge in [0.1, 0.15) is 5.69 Å². The molecule has 2 aromatic rings. The second-order valence-corrected chi connectivity index (χ2v) is 7.60. The van der Waals surface area contributed by atoms with Crippen molar-refractivity contribution in [2.75, 3.05) is 13.2 Å². The van der Waals surface area contributed by atoms with Gasteiger partial charge in [-0.15, -0.1) is 11.3 Å². The van der Waals surface area contributed by atoms with Crippen molar-refractivity contribution in [3.05, 3.63) is 43.3 Å². The van der Waals surface area contributed by atoms with Crippen LogP contribution in [-0.4, -0.2) is 30.0 Å². The summed E-state index contributed by atoms with van der Waals surface area (Å²) < 4.78 is 6.11. The number of aromatic amines is 1. The maximum Gasteiger partial charge on any atom is 0.340 e. The molecule has 2 N–H and O–H groups in total. The SMILES string of the molecule is CCOC(=O)c1c(C)[nH]c(C(=O)NCCc2ccc(Br)s2)c1C. The van der Waals surface area contributed by atoms with E-state index in [4.69, 9.17) is 4.74 Å². The van der Waals surface area contributed by atoms with Crippen LogP contribution in [0.25, 0.3) is 0 Å². The molecule has 0 bridgehead atoms. The largest absolute Gasteiger partial charge is 0.462 e. The topological polar surface area (TPSA) is 71.2 Å². The Morgan fingerprint density at radius 3 is 2.70 bits per heavy atom. The Bertz CT molecular complexity index is 721. The van der Waals surface area contributed by atoms with Crippen molar-refractivity contribution in [1.82, 2.24) is 10.3 Å². The minimum Gasteiger partial charge on any atom is -0.462 e. The third kappa shape index (κ3) is 4.23. The first-order chi connectivity index (χ1) is 10.9. The van der Waals surface area contributed by atoms with Gasteiger partial charge in [0.25, 0.3) is 5.91 Å². The van der Waals surface area contributed by atoms with Gasteiger partial charge in [0.15, 0.2) is 0 Å². The van der Waals surface area contributed by atoms with Crippen LogP contribution in [0.15, 0.2) is 15.9 Å². The number of aromatic nitrogens is 1. The summed E-state index contributed by atoms with van der Waals surface area (Å²) in [5.74, 6) is -0.613. The molecule has 0 radical (unpaired) electrons. The smallest absolute Gasteiger partial charge is 0.340 e. The fraction of sp³-hybridized carbons (Fsp3) is 0.375. The summed E-state index contributed by atoms with van der Waals surface area (Å²) in [6.45, 7) is 6.12. The maximum atomic E-state index is 12.3. The molecule has 2 aromatic heterocycles. The summed E-state index contributed by atoms with van der Waals surface area (Å²) in [6, 6.07) is 4.02. The molecule has 0 atom stereocenters. The van der Waals surface area contributed by atoms with E-state index in [1.807, 2.05) is 12.1 Å².